The van der Waals surface area contributed by atoms with Crippen molar-refractivity contribution in [2.75, 3.05) is 118 Å². The van der Waals surface area contributed by atoms with Gasteiger partial charge in [0.15, 0.2) is 5.96 Å². The zero-order chi connectivity index (χ0) is 62.5. The molecule has 1 aliphatic rings. The van der Waals surface area contributed by atoms with Gasteiger partial charge in [-0.15, -0.1) is 0 Å². The molecule has 472 valence electrons. The van der Waals surface area contributed by atoms with Gasteiger partial charge < -0.3 is 68.1 Å². The van der Waals surface area contributed by atoms with Crippen LogP contribution in [0.1, 0.15) is 87.3 Å². The summed E-state index contributed by atoms with van der Waals surface area (Å²) in [6.45, 7) is 5.24. The van der Waals surface area contributed by atoms with Crippen LogP contribution in [0.25, 0.3) is 0 Å². The van der Waals surface area contributed by atoms with E-state index < -0.39 is 47.7 Å². The number of guanidine groups is 1. The SMILES string of the molecule is CCC(=O)NCCNC(=O)/N=C(/N)NCCC[C@@H](NC(=O)[C@@H](c1ccccc1)c1cccc(OCCCCNC(=O)CCCCCNC(=O)CN2CCN(CC(=O)O)CCN(CC(=O)O)CCN(CC(=O)O)CC2)c1)C(=O)NCc1ccc(O)cc1. The first-order chi connectivity index (χ1) is 41.4. The van der Waals surface area contributed by atoms with Crippen LogP contribution >= 0.6 is 0 Å². The Balaban J connectivity index is 1.22. The van der Waals surface area contributed by atoms with Crippen molar-refractivity contribution in [2.45, 2.75) is 83.2 Å². The van der Waals surface area contributed by atoms with Crippen molar-refractivity contribution in [3.8, 4) is 11.5 Å². The molecule has 0 bridgehead atoms. The number of ether oxygens (including phenoxy) is 1. The molecule has 1 saturated heterocycles. The molecule has 4 rings (SSSR count). The van der Waals surface area contributed by atoms with E-state index in [1.54, 1.807) is 52.0 Å². The molecule has 0 saturated carbocycles. The number of aromatic hydroxyl groups is 1. The van der Waals surface area contributed by atoms with Crippen LogP contribution in [0, 0.1) is 0 Å². The van der Waals surface area contributed by atoms with Crippen LogP contribution in [0.4, 0.5) is 4.79 Å². The highest BCUT2D eigenvalue weighted by Gasteiger charge is 2.29. The van der Waals surface area contributed by atoms with Crippen molar-refractivity contribution >= 4 is 59.4 Å². The van der Waals surface area contributed by atoms with Gasteiger partial charge in [-0.1, -0.05) is 67.9 Å². The average molecular weight is 1200 g/mol. The molecule has 1 heterocycles. The first-order valence-corrected chi connectivity index (χ1v) is 29.2. The van der Waals surface area contributed by atoms with E-state index in [0.29, 0.717) is 114 Å². The number of phenolic OH excluding ortho intramolecular Hbond substituents is 1. The summed E-state index contributed by atoms with van der Waals surface area (Å²) in [5.41, 5.74) is 7.97. The monoisotopic (exact) mass is 1200 g/mol. The van der Waals surface area contributed by atoms with Gasteiger partial charge in [0, 0.05) is 104 Å². The minimum absolute atomic E-state index is 0.0163. The fraction of sp³-hybridized carbons (Fsp3) is 0.525. The number of hydrogen-bond donors (Lipinski definition) is 12. The first-order valence-electron chi connectivity index (χ1n) is 29.2. The van der Waals surface area contributed by atoms with Gasteiger partial charge in [0.2, 0.25) is 29.5 Å². The second-order valence-corrected chi connectivity index (χ2v) is 20.7. The molecule has 0 aliphatic carbocycles. The highest BCUT2D eigenvalue weighted by Crippen LogP contribution is 2.28. The summed E-state index contributed by atoms with van der Waals surface area (Å²) in [6.07, 6.45) is 4.36. The highest BCUT2D eigenvalue weighted by molar-refractivity contribution is 5.93. The van der Waals surface area contributed by atoms with Crippen LogP contribution in [-0.2, 0) is 44.9 Å². The first kappa shape index (κ1) is 70.1. The van der Waals surface area contributed by atoms with Gasteiger partial charge in [0.1, 0.15) is 17.5 Å². The number of amides is 7. The normalized spacial score (nSPS) is 14.6. The molecule has 0 spiro atoms. The summed E-state index contributed by atoms with van der Waals surface area (Å²) < 4.78 is 6.12. The number of rotatable bonds is 35. The lowest BCUT2D eigenvalue weighted by molar-refractivity contribution is -0.140. The molecule has 2 atom stereocenters. The minimum atomic E-state index is -1.04. The van der Waals surface area contributed by atoms with E-state index in [-0.39, 0.29) is 114 Å². The van der Waals surface area contributed by atoms with Crippen LogP contribution < -0.4 is 47.7 Å². The van der Waals surface area contributed by atoms with Gasteiger partial charge in [0.25, 0.3) is 0 Å². The van der Waals surface area contributed by atoms with Crippen LogP contribution in [0.3, 0.4) is 0 Å². The van der Waals surface area contributed by atoms with Crippen molar-refractivity contribution < 1.29 is 68.3 Å². The predicted molar refractivity (Wildman–Crippen MR) is 320 cm³/mol. The molecule has 1 aliphatic heterocycles. The topological polar surface area (TPSA) is 379 Å². The number of hydrogen-bond acceptors (Lipinski definition) is 15. The maximum atomic E-state index is 14.5. The third-order valence-corrected chi connectivity index (χ3v) is 13.8. The molecule has 3 aromatic rings. The summed E-state index contributed by atoms with van der Waals surface area (Å²) >= 11 is 0. The van der Waals surface area contributed by atoms with Gasteiger partial charge >= 0.3 is 23.9 Å². The molecule has 27 nitrogen and oxygen atoms in total. The molecular formula is C59H87N13O14. The van der Waals surface area contributed by atoms with Crippen LogP contribution in [-0.4, -0.2) is 223 Å². The van der Waals surface area contributed by atoms with E-state index in [2.05, 4.69) is 42.2 Å². The van der Waals surface area contributed by atoms with E-state index in [0.717, 1.165) is 5.56 Å². The Morgan fingerprint density at radius 2 is 1.08 bits per heavy atom. The Morgan fingerprint density at radius 1 is 0.547 bits per heavy atom. The van der Waals surface area contributed by atoms with Gasteiger partial charge in [-0.3, -0.25) is 58.0 Å². The third kappa shape index (κ3) is 29.9. The molecule has 0 unspecified atom stereocenters. The smallest absolute Gasteiger partial charge is 0.344 e. The van der Waals surface area contributed by atoms with Crippen molar-refractivity contribution in [1.82, 2.24) is 56.8 Å². The number of nitrogens with one attached hydrogen (secondary N) is 7. The van der Waals surface area contributed by atoms with Crippen LogP contribution in [0.15, 0.2) is 83.9 Å². The van der Waals surface area contributed by atoms with E-state index >= 15 is 0 Å². The lowest BCUT2D eigenvalue weighted by Crippen LogP contribution is -2.49. The van der Waals surface area contributed by atoms with E-state index in [9.17, 15) is 63.6 Å². The molecular weight excluding hydrogens is 1110 g/mol. The fourth-order valence-electron chi connectivity index (χ4n) is 9.17. The van der Waals surface area contributed by atoms with Gasteiger partial charge in [0.05, 0.1) is 38.7 Å². The predicted octanol–water partition coefficient (Wildman–Crippen LogP) is 0.673. The van der Waals surface area contributed by atoms with Gasteiger partial charge in [-0.2, -0.15) is 4.99 Å². The number of carbonyl (C=O) groups is 9. The highest BCUT2D eigenvalue weighted by atomic mass is 16.5. The maximum Gasteiger partial charge on any atom is 0.344 e. The zero-order valence-electron chi connectivity index (χ0n) is 49.1. The summed E-state index contributed by atoms with van der Waals surface area (Å²) in [5, 5.41) is 57.9. The summed E-state index contributed by atoms with van der Waals surface area (Å²) in [7, 11) is 0. The molecule has 3 aromatic carbocycles. The van der Waals surface area contributed by atoms with Crippen LogP contribution in [0.2, 0.25) is 0 Å². The number of phenols is 1. The van der Waals surface area contributed by atoms with E-state index in [1.165, 1.54) is 12.1 Å². The lowest BCUT2D eigenvalue weighted by Gasteiger charge is -2.32. The van der Waals surface area contributed by atoms with Gasteiger partial charge in [-0.25, -0.2) is 4.79 Å². The Morgan fingerprint density at radius 3 is 1.67 bits per heavy atom. The number of nitrogens with two attached hydrogens (primary N) is 1. The Kier molecular flexibility index (Phi) is 32.6. The quantitative estimate of drug-likeness (QED) is 0.0219. The molecule has 7 amide bonds. The molecule has 1 fully saturated rings. The van der Waals surface area contributed by atoms with Crippen molar-refractivity contribution in [2.24, 2.45) is 10.7 Å². The number of carboxylic acid groups (broad SMARTS) is 3. The van der Waals surface area contributed by atoms with Crippen molar-refractivity contribution in [3.05, 3.63) is 95.6 Å². The second kappa shape index (κ2) is 40.0. The number of carbonyl (C=O) groups excluding carboxylic acids is 6. The summed E-state index contributed by atoms with van der Waals surface area (Å²) in [6, 6.07) is 21.0. The number of benzene rings is 3. The van der Waals surface area contributed by atoms with Gasteiger partial charge in [-0.05, 0) is 79.5 Å². The van der Waals surface area contributed by atoms with Crippen molar-refractivity contribution in [1.29, 1.82) is 0 Å². The number of urea groups is 1. The summed E-state index contributed by atoms with van der Waals surface area (Å²) in [5.74, 6) is -4.85. The van der Waals surface area contributed by atoms with E-state index in [1.807, 2.05) is 41.3 Å². The molecule has 86 heavy (non-hydrogen) atoms. The number of nitrogens with zero attached hydrogens (tertiary/aromatic N) is 5. The minimum Gasteiger partial charge on any atom is -0.508 e. The molecule has 27 heteroatoms. The number of aliphatic imine (C=N–C) groups is 1. The lowest BCUT2D eigenvalue weighted by atomic mass is 9.90. The van der Waals surface area contributed by atoms with Crippen molar-refractivity contribution in [3.63, 3.8) is 0 Å². The Labute approximate surface area is 501 Å². The Hall–Kier alpha value is -8.40. The van der Waals surface area contributed by atoms with E-state index in [4.69, 9.17) is 10.5 Å². The third-order valence-electron chi connectivity index (χ3n) is 13.8. The number of unbranched alkanes of at least 4 members (excludes halogenated alkanes) is 3. The zero-order valence-corrected chi connectivity index (χ0v) is 49.1. The molecule has 13 N–H and O–H groups in total. The number of aliphatic carboxylic acids is 3. The summed E-state index contributed by atoms with van der Waals surface area (Å²) in [4.78, 5) is 123. The maximum absolute atomic E-state index is 14.5. The largest absolute Gasteiger partial charge is 0.508 e. The standard InChI is InChI=1S/C59H87N13O14/c1-2-49(74)63-26-27-65-59(85)68-58(60)64-25-12-17-48(56(83)66-38-43-19-21-46(73)22-20-43)67-57(84)55(44-13-5-3-6-14-44)45-15-11-16-47(37-45)86-36-10-9-24-61-50(75)18-7-4-8-23-62-51(76)39-69-28-30-70(40-52(77)78)32-34-72(42-54(81)82)35-33-71(31-29-69)41-53(79)80/h3,5-6,11,13-16,19-22,37,48,55,73H,2,4,7-10,12,17-18,23-36,38-42H2,1H3,(H,61,75)(H,62,76)(H,63,74)(H,66,83)(H,67,84)(H,77,78)(H,79,80)(H,81,82)(H4,60,64,65,68,85)/t48-,55+/m1/s1. The number of carboxylic acids is 3. The second-order valence-electron chi connectivity index (χ2n) is 20.7. The van der Waals surface area contributed by atoms with Crippen LogP contribution in [0.5, 0.6) is 11.5 Å². The fourth-order valence-corrected chi connectivity index (χ4v) is 9.17. The average Bonchev–Trinajstić information content (AvgIpc) is 1.84. The molecule has 0 aromatic heterocycles. The Bertz CT molecular complexity index is 2620. The molecule has 0 radical (unpaired) electrons.